The molecule has 1 nitrogen and oxygen atoms in total. The highest BCUT2D eigenvalue weighted by Crippen LogP contribution is 2.18. The highest BCUT2D eigenvalue weighted by atomic mass is 15.1. The van der Waals surface area contributed by atoms with Crippen LogP contribution in [0.4, 0.5) is 0 Å². The van der Waals surface area contributed by atoms with Crippen LogP contribution in [0.25, 0.3) is 0 Å². The van der Waals surface area contributed by atoms with Crippen molar-refractivity contribution in [1.29, 1.82) is 0 Å². The minimum Gasteiger partial charge on any atom is -0.288 e. The van der Waals surface area contributed by atoms with Crippen molar-refractivity contribution in [2.24, 2.45) is 0 Å². The smallest absolute Gasteiger partial charge is 0.0285 e. The summed E-state index contributed by atoms with van der Waals surface area (Å²) in [4.78, 5) is 2.53. The molecule has 0 aliphatic heterocycles. The number of nitrogens with zero attached hydrogens (tertiary/aromatic N) is 1. The summed E-state index contributed by atoms with van der Waals surface area (Å²) in [6, 6.07) is 32.5. The van der Waals surface area contributed by atoms with Crippen LogP contribution in [0.3, 0.4) is 0 Å². The Kier molecular flexibility index (Phi) is 6.80. The summed E-state index contributed by atoms with van der Waals surface area (Å²) in [5.74, 6) is 0. The van der Waals surface area contributed by atoms with Gasteiger partial charge in [-0.15, -0.1) is 6.58 Å². The topological polar surface area (TPSA) is 3.24 Å². The largest absolute Gasteiger partial charge is 0.288 e. The van der Waals surface area contributed by atoms with Crippen molar-refractivity contribution in [3.63, 3.8) is 0 Å². The molecule has 0 bridgehead atoms. The second-order valence-electron chi connectivity index (χ2n) is 6.70. The number of aryl methyl sites for hydroxylation is 1. The molecule has 0 unspecified atom stereocenters. The lowest BCUT2D eigenvalue weighted by Crippen LogP contribution is -2.33. The van der Waals surface area contributed by atoms with Crippen molar-refractivity contribution in [3.8, 4) is 0 Å². The van der Waals surface area contributed by atoms with Gasteiger partial charge < -0.3 is 0 Å². The third-order valence-corrected chi connectivity index (χ3v) is 4.77. The van der Waals surface area contributed by atoms with Crippen LogP contribution in [0.1, 0.15) is 23.1 Å². The Morgan fingerprint density at radius 1 is 0.654 bits per heavy atom. The predicted octanol–water partition coefficient (Wildman–Crippen LogP) is 5.88. The van der Waals surface area contributed by atoms with Gasteiger partial charge in [0.15, 0.2) is 0 Å². The van der Waals surface area contributed by atoms with E-state index < -0.39 is 0 Å². The van der Waals surface area contributed by atoms with Crippen molar-refractivity contribution in [1.82, 2.24) is 4.90 Å². The lowest BCUT2D eigenvalue weighted by atomic mass is 10.0. The number of hydrogen-bond donors (Lipinski definition) is 0. The minimum absolute atomic E-state index is 0.343. The number of hydrogen-bond acceptors (Lipinski definition) is 1. The zero-order valence-corrected chi connectivity index (χ0v) is 15.3. The monoisotopic (exact) mass is 341 g/mol. The van der Waals surface area contributed by atoms with Gasteiger partial charge >= 0.3 is 0 Å². The van der Waals surface area contributed by atoms with Crippen molar-refractivity contribution in [2.75, 3.05) is 0 Å². The van der Waals surface area contributed by atoms with Crippen LogP contribution < -0.4 is 0 Å². The SMILES string of the molecule is C=C[C@H](CCc1ccccc1)N(Cc1ccccc1)Cc1ccccc1. The molecule has 0 amide bonds. The Morgan fingerprint density at radius 2 is 1.08 bits per heavy atom. The van der Waals surface area contributed by atoms with E-state index in [4.69, 9.17) is 0 Å². The van der Waals surface area contributed by atoms with E-state index in [0.717, 1.165) is 25.9 Å². The van der Waals surface area contributed by atoms with E-state index in [-0.39, 0.29) is 0 Å². The maximum Gasteiger partial charge on any atom is 0.0285 e. The molecule has 3 aromatic carbocycles. The fourth-order valence-corrected chi connectivity index (χ4v) is 3.33. The molecule has 1 atom stereocenters. The van der Waals surface area contributed by atoms with Crippen LogP contribution in [0.2, 0.25) is 0 Å². The van der Waals surface area contributed by atoms with Crippen molar-refractivity contribution >= 4 is 0 Å². The molecule has 0 aromatic heterocycles. The Labute approximate surface area is 157 Å². The second-order valence-corrected chi connectivity index (χ2v) is 6.70. The molecule has 0 aliphatic carbocycles. The van der Waals surface area contributed by atoms with Crippen LogP contribution in [-0.2, 0) is 19.5 Å². The lowest BCUT2D eigenvalue weighted by molar-refractivity contribution is 0.202. The van der Waals surface area contributed by atoms with Gasteiger partial charge in [0.2, 0.25) is 0 Å². The third-order valence-electron chi connectivity index (χ3n) is 4.77. The fourth-order valence-electron chi connectivity index (χ4n) is 3.33. The van der Waals surface area contributed by atoms with Gasteiger partial charge in [-0.1, -0.05) is 97.1 Å². The highest BCUT2D eigenvalue weighted by molar-refractivity contribution is 5.19. The summed E-state index contributed by atoms with van der Waals surface area (Å²) < 4.78 is 0. The van der Waals surface area contributed by atoms with E-state index in [1.54, 1.807) is 0 Å². The molecule has 1 heteroatoms. The first-order chi connectivity index (χ1) is 12.8. The van der Waals surface area contributed by atoms with Gasteiger partial charge in [0, 0.05) is 19.1 Å². The Balaban J connectivity index is 1.74. The fraction of sp³-hybridized carbons (Fsp3) is 0.200. The van der Waals surface area contributed by atoms with Crippen LogP contribution >= 0.6 is 0 Å². The average Bonchev–Trinajstić information content (AvgIpc) is 2.71. The maximum absolute atomic E-state index is 4.14. The maximum atomic E-state index is 4.14. The molecule has 3 aromatic rings. The molecule has 0 saturated heterocycles. The molecular weight excluding hydrogens is 314 g/mol. The van der Waals surface area contributed by atoms with Gasteiger partial charge in [-0.3, -0.25) is 4.90 Å². The minimum atomic E-state index is 0.343. The zero-order chi connectivity index (χ0) is 18.0. The molecule has 0 heterocycles. The number of rotatable bonds is 9. The summed E-state index contributed by atoms with van der Waals surface area (Å²) in [6.45, 7) is 6.00. The molecule has 0 radical (unpaired) electrons. The Hall–Kier alpha value is -2.64. The zero-order valence-electron chi connectivity index (χ0n) is 15.3. The summed E-state index contributed by atoms with van der Waals surface area (Å²) in [5.41, 5.74) is 4.07. The van der Waals surface area contributed by atoms with E-state index in [0.29, 0.717) is 6.04 Å². The second kappa shape index (κ2) is 9.74. The Morgan fingerprint density at radius 3 is 1.50 bits per heavy atom. The highest BCUT2D eigenvalue weighted by Gasteiger charge is 2.16. The van der Waals surface area contributed by atoms with E-state index >= 15 is 0 Å². The molecule has 3 rings (SSSR count). The normalized spacial score (nSPS) is 12.0. The molecule has 0 fully saturated rings. The standard InChI is InChI=1S/C25H27N/c1-2-25(19-18-22-12-6-3-7-13-22)26(20-23-14-8-4-9-15-23)21-24-16-10-5-11-17-24/h2-17,25H,1,18-21H2/t25-/m1/s1. The van der Waals surface area contributed by atoms with Gasteiger partial charge in [-0.25, -0.2) is 0 Å². The quantitative estimate of drug-likeness (QED) is 0.440. The summed E-state index contributed by atoms with van der Waals surface area (Å²) in [6.07, 6.45) is 4.25. The van der Waals surface area contributed by atoms with Gasteiger partial charge in [0.1, 0.15) is 0 Å². The van der Waals surface area contributed by atoms with Crippen LogP contribution in [-0.4, -0.2) is 10.9 Å². The van der Waals surface area contributed by atoms with Gasteiger partial charge in [0.25, 0.3) is 0 Å². The Bertz CT molecular complexity index is 724. The predicted molar refractivity (Wildman–Crippen MR) is 111 cm³/mol. The first-order valence-electron chi connectivity index (χ1n) is 9.33. The summed E-state index contributed by atoms with van der Waals surface area (Å²) in [5, 5.41) is 0. The molecule has 0 spiro atoms. The van der Waals surface area contributed by atoms with Crippen molar-refractivity contribution in [3.05, 3.63) is 120 Å². The van der Waals surface area contributed by atoms with Crippen molar-refractivity contribution < 1.29 is 0 Å². The number of benzene rings is 3. The summed E-state index contributed by atoms with van der Waals surface area (Å²) >= 11 is 0. The third kappa shape index (κ3) is 5.44. The molecular formula is C25H27N. The van der Waals surface area contributed by atoms with Gasteiger partial charge in [-0.2, -0.15) is 0 Å². The van der Waals surface area contributed by atoms with Gasteiger partial charge in [0.05, 0.1) is 0 Å². The van der Waals surface area contributed by atoms with Crippen LogP contribution in [0, 0.1) is 0 Å². The lowest BCUT2D eigenvalue weighted by Gasteiger charge is -2.30. The first kappa shape index (κ1) is 18.2. The molecule has 26 heavy (non-hydrogen) atoms. The summed E-state index contributed by atoms with van der Waals surface area (Å²) in [7, 11) is 0. The van der Waals surface area contributed by atoms with Crippen LogP contribution in [0.15, 0.2) is 104 Å². The van der Waals surface area contributed by atoms with Crippen molar-refractivity contribution in [2.45, 2.75) is 32.0 Å². The molecule has 132 valence electrons. The average molecular weight is 341 g/mol. The molecule has 0 aliphatic rings. The molecule has 0 N–H and O–H groups in total. The van der Waals surface area contributed by atoms with Crippen LogP contribution in [0.5, 0.6) is 0 Å². The van der Waals surface area contributed by atoms with E-state index in [1.807, 2.05) is 0 Å². The van der Waals surface area contributed by atoms with E-state index in [9.17, 15) is 0 Å². The first-order valence-corrected chi connectivity index (χ1v) is 9.33. The molecule has 0 saturated carbocycles. The van der Waals surface area contributed by atoms with Gasteiger partial charge in [-0.05, 0) is 29.5 Å². The van der Waals surface area contributed by atoms with E-state index in [1.165, 1.54) is 16.7 Å². The van der Waals surface area contributed by atoms with E-state index in [2.05, 4.69) is 109 Å².